The van der Waals surface area contributed by atoms with Gasteiger partial charge in [0.2, 0.25) is 0 Å². The van der Waals surface area contributed by atoms with Crippen LogP contribution in [0.3, 0.4) is 0 Å². The number of ether oxygens (including phenoxy) is 1. The highest BCUT2D eigenvalue weighted by molar-refractivity contribution is 6.30. The molecule has 0 unspecified atom stereocenters. The summed E-state index contributed by atoms with van der Waals surface area (Å²) in [5.41, 5.74) is -0.194. The molecular formula is C12H16ClF2NO. The molecule has 0 aliphatic carbocycles. The zero-order valence-electron chi connectivity index (χ0n) is 10.1. The molecule has 0 amide bonds. The molecule has 1 rings (SSSR count). The van der Waals surface area contributed by atoms with E-state index < -0.39 is 12.5 Å². The predicted octanol–water partition coefficient (Wildman–Crippen LogP) is 3.44. The third-order valence-electron chi connectivity index (χ3n) is 2.29. The van der Waals surface area contributed by atoms with Crippen molar-refractivity contribution in [2.24, 2.45) is 0 Å². The number of rotatable bonds is 5. The summed E-state index contributed by atoms with van der Waals surface area (Å²) < 4.78 is 32.8. The molecule has 0 radical (unpaired) electrons. The van der Waals surface area contributed by atoms with Crippen LogP contribution in [0.2, 0.25) is 5.02 Å². The summed E-state index contributed by atoms with van der Waals surface area (Å²) in [6.07, 6.45) is 0. The van der Waals surface area contributed by atoms with Crippen molar-refractivity contribution >= 4 is 11.6 Å². The van der Waals surface area contributed by atoms with Crippen LogP contribution < -0.4 is 10.1 Å². The summed E-state index contributed by atoms with van der Waals surface area (Å²) in [5, 5.41) is 2.97. The average molecular weight is 264 g/mol. The Morgan fingerprint density at radius 2 is 2.06 bits per heavy atom. The van der Waals surface area contributed by atoms with Crippen molar-refractivity contribution in [2.75, 3.05) is 13.7 Å². The Labute approximate surface area is 105 Å². The lowest BCUT2D eigenvalue weighted by molar-refractivity contribution is -0.00693. The SMILES string of the molecule is COc1ccc(Cl)cc1C(F)(F)CNC(C)C. The van der Waals surface area contributed by atoms with Crippen LogP contribution in [0.25, 0.3) is 0 Å². The van der Waals surface area contributed by atoms with Gasteiger partial charge in [-0.15, -0.1) is 0 Å². The Morgan fingerprint density at radius 1 is 1.41 bits per heavy atom. The molecule has 0 bridgehead atoms. The van der Waals surface area contributed by atoms with Crippen molar-refractivity contribution in [1.82, 2.24) is 5.32 Å². The molecule has 5 heteroatoms. The van der Waals surface area contributed by atoms with E-state index in [-0.39, 0.29) is 22.4 Å². The van der Waals surface area contributed by atoms with Gasteiger partial charge in [-0.1, -0.05) is 25.4 Å². The molecule has 1 aromatic carbocycles. The molecule has 0 aliphatic heterocycles. The lowest BCUT2D eigenvalue weighted by Gasteiger charge is -2.21. The third kappa shape index (κ3) is 3.82. The Bertz CT molecular complexity index is 383. The van der Waals surface area contributed by atoms with Crippen LogP contribution in [-0.4, -0.2) is 19.7 Å². The Morgan fingerprint density at radius 3 is 2.59 bits per heavy atom. The number of hydrogen-bond donors (Lipinski definition) is 1. The number of hydrogen-bond acceptors (Lipinski definition) is 2. The van der Waals surface area contributed by atoms with Crippen LogP contribution in [0.4, 0.5) is 8.78 Å². The summed E-state index contributed by atoms with van der Waals surface area (Å²) in [7, 11) is 1.36. The van der Waals surface area contributed by atoms with Gasteiger partial charge in [-0.25, -0.2) is 0 Å². The summed E-state index contributed by atoms with van der Waals surface area (Å²) in [6.45, 7) is 3.18. The molecule has 0 aliphatic rings. The standard InChI is InChI=1S/C12H16ClF2NO/c1-8(2)16-7-12(14,15)10-6-9(13)4-5-11(10)17-3/h4-6,8,16H,7H2,1-3H3. The monoisotopic (exact) mass is 263 g/mol. The Kier molecular flexibility index (Phi) is 4.71. The van der Waals surface area contributed by atoms with Crippen molar-refractivity contribution in [3.8, 4) is 5.75 Å². The van der Waals surface area contributed by atoms with Crippen LogP contribution in [-0.2, 0) is 5.92 Å². The van der Waals surface area contributed by atoms with E-state index in [9.17, 15) is 8.78 Å². The molecule has 96 valence electrons. The van der Waals surface area contributed by atoms with E-state index in [0.717, 1.165) is 0 Å². The zero-order valence-corrected chi connectivity index (χ0v) is 10.8. The molecule has 1 N–H and O–H groups in total. The number of methoxy groups -OCH3 is 1. The fraction of sp³-hybridized carbons (Fsp3) is 0.500. The maximum absolute atomic E-state index is 13.9. The minimum Gasteiger partial charge on any atom is -0.496 e. The fourth-order valence-electron chi connectivity index (χ4n) is 1.39. The van der Waals surface area contributed by atoms with E-state index in [4.69, 9.17) is 16.3 Å². The lowest BCUT2D eigenvalue weighted by Crippen LogP contribution is -2.35. The number of halogens is 3. The van der Waals surface area contributed by atoms with E-state index >= 15 is 0 Å². The molecule has 1 aromatic rings. The van der Waals surface area contributed by atoms with E-state index in [1.807, 2.05) is 13.8 Å². The van der Waals surface area contributed by atoms with Gasteiger partial charge in [-0.2, -0.15) is 8.78 Å². The van der Waals surface area contributed by atoms with Gasteiger partial charge in [0.15, 0.2) is 0 Å². The van der Waals surface area contributed by atoms with Gasteiger partial charge in [0.05, 0.1) is 19.2 Å². The van der Waals surface area contributed by atoms with Crippen molar-refractivity contribution in [3.05, 3.63) is 28.8 Å². The highest BCUT2D eigenvalue weighted by atomic mass is 35.5. The number of nitrogens with one attached hydrogen (secondary N) is 1. The third-order valence-corrected chi connectivity index (χ3v) is 2.52. The Hall–Kier alpha value is -0.870. The van der Waals surface area contributed by atoms with Crippen LogP contribution >= 0.6 is 11.6 Å². The molecule has 0 heterocycles. The van der Waals surface area contributed by atoms with E-state index in [2.05, 4.69) is 5.32 Å². The van der Waals surface area contributed by atoms with Gasteiger partial charge in [0.25, 0.3) is 5.92 Å². The van der Waals surface area contributed by atoms with Crippen LogP contribution in [0, 0.1) is 0 Å². The molecule has 0 spiro atoms. The smallest absolute Gasteiger partial charge is 0.289 e. The summed E-state index contributed by atoms with van der Waals surface area (Å²) in [5.74, 6) is -2.87. The van der Waals surface area contributed by atoms with E-state index in [0.29, 0.717) is 0 Å². The second kappa shape index (κ2) is 5.65. The molecular weight excluding hydrogens is 248 g/mol. The van der Waals surface area contributed by atoms with Gasteiger partial charge in [0.1, 0.15) is 5.75 Å². The van der Waals surface area contributed by atoms with Gasteiger partial charge in [-0.3, -0.25) is 0 Å². The van der Waals surface area contributed by atoms with Crippen LogP contribution in [0.5, 0.6) is 5.75 Å². The molecule has 17 heavy (non-hydrogen) atoms. The summed E-state index contributed by atoms with van der Waals surface area (Å²) in [6, 6.07) is 4.20. The highest BCUT2D eigenvalue weighted by Gasteiger charge is 2.34. The summed E-state index contributed by atoms with van der Waals surface area (Å²) >= 11 is 5.73. The molecule has 2 nitrogen and oxygen atoms in total. The van der Waals surface area contributed by atoms with Gasteiger partial charge in [0, 0.05) is 11.1 Å². The molecule has 0 fully saturated rings. The first-order valence-electron chi connectivity index (χ1n) is 5.32. The van der Waals surface area contributed by atoms with E-state index in [1.165, 1.54) is 25.3 Å². The minimum atomic E-state index is -3.01. The maximum Gasteiger partial charge on any atom is 0.289 e. The van der Waals surface area contributed by atoms with Crippen molar-refractivity contribution in [3.63, 3.8) is 0 Å². The first-order chi connectivity index (χ1) is 7.86. The molecule has 0 atom stereocenters. The quantitative estimate of drug-likeness (QED) is 0.879. The zero-order chi connectivity index (χ0) is 13.1. The summed E-state index contributed by atoms with van der Waals surface area (Å²) in [4.78, 5) is 0. The van der Waals surface area contributed by atoms with Gasteiger partial charge in [-0.05, 0) is 18.2 Å². The Balaban J connectivity index is 2.99. The first kappa shape index (κ1) is 14.2. The predicted molar refractivity (Wildman–Crippen MR) is 65.0 cm³/mol. The van der Waals surface area contributed by atoms with Gasteiger partial charge >= 0.3 is 0 Å². The largest absolute Gasteiger partial charge is 0.496 e. The van der Waals surface area contributed by atoms with Gasteiger partial charge < -0.3 is 10.1 Å². The van der Waals surface area contributed by atoms with Crippen LogP contribution in [0.1, 0.15) is 19.4 Å². The molecule has 0 saturated heterocycles. The first-order valence-corrected chi connectivity index (χ1v) is 5.70. The average Bonchev–Trinajstić information content (AvgIpc) is 2.26. The molecule has 0 aromatic heterocycles. The number of alkyl halides is 2. The van der Waals surface area contributed by atoms with E-state index in [1.54, 1.807) is 0 Å². The molecule has 0 saturated carbocycles. The fourth-order valence-corrected chi connectivity index (χ4v) is 1.57. The normalized spacial score (nSPS) is 11.9. The van der Waals surface area contributed by atoms with Crippen molar-refractivity contribution in [1.29, 1.82) is 0 Å². The topological polar surface area (TPSA) is 21.3 Å². The second-order valence-electron chi connectivity index (χ2n) is 4.08. The van der Waals surface area contributed by atoms with Crippen LogP contribution in [0.15, 0.2) is 18.2 Å². The minimum absolute atomic E-state index is 0.00828. The number of benzene rings is 1. The van der Waals surface area contributed by atoms with Crippen molar-refractivity contribution < 1.29 is 13.5 Å². The lowest BCUT2D eigenvalue weighted by atomic mass is 10.1. The van der Waals surface area contributed by atoms with Crippen molar-refractivity contribution in [2.45, 2.75) is 25.8 Å². The highest BCUT2D eigenvalue weighted by Crippen LogP contribution is 2.36. The maximum atomic E-state index is 13.9. The second-order valence-corrected chi connectivity index (χ2v) is 4.52.